The number of hydrogen-bond acceptors (Lipinski definition) is 4. The first-order valence-electron chi connectivity index (χ1n) is 6.02. The highest BCUT2D eigenvalue weighted by molar-refractivity contribution is 5.72. The third kappa shape index (κ3) is 3.17. The normalized spacial score (nSPS) is 31.0. The van der Waals surface area contributed by atoms with Gasteiger partial charge in [-0.2, -0.15) is 5.48 Å². The molecule has 0 aromatic rings. The van der Waals surface area contributed by atoms with Gasteiger partial charge >= 0.3 is 5.97 Å². The summed E-state index contributed by atoms with van der Waals surface area (Å²) in [6.45, 7) is 0.584. The first-order chi connectivity index (χ1) is 7.75. The summed E-state index contributed by atoms with van der Waals surface area (Å²) in [7, 11) is 0. The minimum Gasteiger partial charge on any atom is -0.479 e. The van der Waals surface area contributed by atoms with Gasteiger partial charge in [0.1, 0.15) is 0 Å². The standard InChI is InChI=1S/C11H19NO4/c13-11(14)10-6-5-9(15-10)7-12-16-8-3-1-2-4-8/h8-10,12H,1-7H2,(H,13,14). The predicted molar refractivity (Wildman–Crippen MR) is 56.9 cm³/mol. The molecule has 0 spiro atoms. The molecule has 0 bridgehead atoms. The van der Waals surface area contributed by atoms with E-state index < -0.39 is 12.1 Å². The van der Waals surface area contributed by atoms with Gasteiger partial charge in [-0.25, -0.2) is 4.79 Å². The molecule has 0 aromatic heterocycles. The van der Waals surface area contributed by atoms with Crippen molar-refractivity contribution < 1.29 is 19.5 Å². The molecule has 16 heavy (non-hydrogen) atoms. The number of rotatable bonds is 5. The van der Waals surface area contributed by atoms with Gasteiger partial charge in [-0.3, -0.25) is 4.84 Å². The lowest BCUT2D eigenvalue weighted by atomic mass is 10.2. The molecule has 5 heteroatoms. The fourth-order valence-corrected chi connectivity index (χ4v) is 2.30. The van der Waals surface area contributed by atoms with Gasteiger partial charge in [-0.15, -0.1) is 0 Å². The Hall–Kier alpha value is -0.650. The van der Waals surface area contributed by atoms with Crippen molar-refractivity contribution in [2.24, 2.45) is 0 Å². The Labute approximate surface area is 95.1 Å². The Morgan fingerprint density at radius 3 is 2.69 bits per heavy atom. The van der Waals surface area contributed by atoms with Crippen molar-refractivity contribution >= 4 is 5.97 Å². The van der Waals surface area contributed by atoms with Crippen LogP contribution in [-0.4, -0.2) is 35.9 Å². The third-order valence-electron chi connectivity index (χ3n) is 3.25. The first kappa shape index (κ1) is 11.8. The molecule has 1 aliphatic carbocycles. The summed E-state index contributed by atoms with van der Waals surface area (Å²) < 4.78 is 5.35. The largest absolute Gasteiger partial charge is 0.479 e. The molecule has 92 valence electrons. The smallest absolute Gasteiger partial charge is 0.332 e. The molecule has 2 N–H and O–H groups in total. The average molecular weight is 229 g/mol. The molecule has 5 nitrogen and oxygen atoms in total. The number of hydrogen-bond donors (Lipinski definition) is 2. The SMILES string of the molecule is O=C(O)C1CCC(CNOC2CCCC2)O1. The summed E-state index contributed by atoms with van der Waals surface area (Å²) in [4.78, 5) is 16.1. The molecule has 1 saturated heterocycles. The van der Waals surface area contributed by atoms with Crippen molar-refractivity contribution in [3.63, 3.8) is 0 Å². The highest BCUT2D eigenvalue weighted by atomic mass is 16.7. The van der Waals surface area contributed by atoms with Crippen LogP contribution in [0.1, 0.15) is 38.5 Å². The Morgan fingerprint density at radius 1 is 1.31 bits per heavy atom. The summed E-state index contributed by atoms with van der Waals surface area (Å²) in [5, 5.41) is 8.75. The minimum absolute atomic E-state index is 0.0255. The fraction of sp³-hybridized carbons (Fsp3) is 0.909. The minimum atomic E-state index is -0.862. The van der Waals surface area contributed by atoms with Gasteiger partial charge in [-0.05, 0) is 25.7 Å². The Kier molecular flexibility index (Phi) is 4.15. The monoisotopic (exact) mass is 229 g/mol. The molecule has 1 saturated carbocycles. The lowest BCUT2D eigenvalue weighted by Crippen LogP contribution is -2.31. The zero-order valence-corrected chi connectivity index (χ0v) is 9.35. The van der Waals surface area contributed by atoms with Gasteiger partial charge in [0.2, 0.25) is 0 Å². The molecule has 2 fully saturated rings. The van der Waals surface area contributed by atoms with Gasteiger partial charge in [0, 0.05) is 6.54 Å². The molecule has 1 heterocycles. The molecule has 1 aliphatic heterocycles. The summed E-state index contributed by atoms with van der Waals surface area (Å²) >= 11 is 0. The molecular formula is C11H19NO4. The average Bonchev–Trinajstić information content (AvgIpc) is 2.87. The van der Waals surface area contributed by atoms with Crippen molar-refractivity contribution in [3.05, 3.63) is 0 Å². The third-order valence-corrected chi connectivity index (χ3v) is 3.25. The van der Waals surface area contributed by atoms with Crippen molar-refractivity contribution in [2.45, 2.75) is 56.8 Å². The number of carboxylic acid groups (broad SMARTS) is 1. The van der Waals surface area contributed by atoms with E-state index >= 15 is 0 Å². The lowest BCUT2D eigenvalue weighted by molar-refractivity contribution is -0.150. The summed E-state index contributed by atoms with van der Waals surface area (Å²) in [5.41, 5.74) is 2.91. The van der Waals surface area contributed by atoms with Gasteiger partial charge in [0.05, 0.1) is 12.2 Å². The van der Waals surface area contributed by atoms with E-state index in [0.717, 1.165) is 19.3 Å². The number of aliphatic carboxylic acids is 1. The predicted octanol–water partition coefficient (Wildman–Crippen LogP) is 1.08. The van der Waals surface area contributed by atoms with Crippen molar-refractivity contribution in [1.29, 1.82) is 0 Å². The molecule has 2 unspecified atom stereocenters. The van der Waals surface area contributed by atoms with E-state index in [2.05, 4.69) is 5.48 Å². The summed E-state index contributed by atoms with van der Waals surface area (Å²) in [6, 6.07) is 0. The molecule has 0 amide bonds. The fourth-order valence-electron chi connectivity index (χ4n) is 2.30. The van der Waals surface area contributed by atoms with Gasteiger partial charge in [-0.1, -0.05) is 12.8 Å². The molecular weight excluding hydrogens is 210 g/mol. The van der Waals surface area contributed by atoms with Crippen molar-refractivity contribution in [3.8, 4) is 0 Å². The van der Waals surface area contributed by atoms with Gasteiger partial charge in [0.15, 0.2) is 6.10 Å². The highest BCUT2D eigenvalue weighted by Gasteiger charge is 2.30. The molecule has 2 aliphatic rings. The molecule has 2 rings (SSSR count). The number of carboxylic acids is 1. The summed E-state index contributed by atoms with van der Waals surface area (Å²) in [5.74, 6) is -0.862. The van der Waals surface area contributed by atoms with E-state index in [1.807, 2.05) is 0 Å². The maximum Gasteiger partial charge on any atom is 0.332 e. The highest BCUT2D eigenvalue weighted by Crippen LogP contribution is 2.21. The Balaban J connectivity index is 1.58. The van der Waals surface area contributed by atoms with Crippen molar-refractivity contribution in [1.82, 2.24) is 5.48 Å². The quantitative estimate of drug-likeness (QED) is 0.690. The molecule has 0 aromatic carbocycles. The van der Waals surface area contributed by atoms with Gasteiger partial charge in [0.25, 0.3) is 0 Å². The second kappa shape index (κ2) is 5.61. The van der Waals surface area contributed by atoms with E-state index in [4.69, 9.17) is 14.7 Å². The van der Waals surface area contributed by atoms with E-state index in [0.29, 0.717) is 19.1 Å². The maximum absolute atomic E-state index is 10.7. The number of hydroxylamine groups is 1. The van der Waals surface area contributed by atoms with E-state index in [1.54, 1.807) is 0 Å². The van der Waals surface area contributed by atoms with Crippen LogP contribution in [-0.2, 0) is 14.4 Å². The Morgan fingerprint density at radius 2 is 2.06 bits per heavy atom. The van der Waals surface area contributed by atoms with E-state index in [1.165, 1.54) is 12.8 Å². The Bertz CT molecular complexity index is 240. The van der Waals surface area contributed by atoms with Crippen LogP contribution in [0.2, 0.25) is 0 Å². The second-order valence-electron chi connectivity index (χ2n) is 4.54. The van der Waals surface area contributed by atoms with Crippen LogP contribution in [0.3, 0.4) is 0 Å². The van der Waals surface area contributed by atoms with E-state index in [9.17, 15) is 4.79 Å². The number of carbonyl (C=O) groups is 1. The summed E-state index contributed by atoms with van der Waals surface area (Å²) in [6.07, 6.45) is 5.80. The van der Waals surface area contributed by atoms with Crippen LogP contribution < -0.4 is 5.48 Å². The van der Waals surface area contributed by atoms with Crippen molar-refractivity contribution in [2.75, 3.05) is 6.54 Å². The zero-order valence-electron chi connectivity index (χ0n) is 9.35. The van der Waals surface area contributed by atoms with Crippen LogP contribution in [0.5, 0.6) is 0 Å². The maximum atomic E-state index is 10.7. The van der Waals surface area contributed by atoms with Crippen LogP contribution in [0.25, 0.3) is 0 Å². The molecule has 2 atom stereocenters. The number of ether oxygens (including phenoxy) is 1. The second-order valence-corrected chi connectivity index (χ2v) is 4.54. The van der Waals surface area contributed by atoms with Gasteiger partial charge < -0.3 is 9.84 Å². The van der Waals surface area contributed by atoms with E-state index in [-0.39, 0.29) is 6.10 Å². The number of nitrogens with one attached hydrogen (secondary N) is 1. The van der Waals surface area contributed by atoms with Crippen LogP contribution >= 0.6 is 0 Å². The van der Waals surface area contributed by atoms with Crippen LogP contribution in [0.4, 0.5) is 0 Å². The van der Waals surface area contributed by atoms with Crippen LogP contribution in [0.15, 0.2) is 0 Å². The zero-order chi connectivity index (χ0) is 11.4. The lowest BCUT2D eigenvalue weighted by Gasteiger charge is -2.15. The topological polar surface area (TPSA) is 67.8 Å². The first-order valence-corrected chi connectivity index (χ1v) is 6.02. The van der Waals surface area contributed by atoms with Crippen LogP contribution in [0, 0.1) is 0 Å². The molecule has 0 radical (unpaired) electrons.